The number of nitrogens with zero attached hydrogens (tertiary/aromatic N) is 2. The van der Waals surface area contributed by atoms with Crippen LogP contribution in [0.4, 0.5) is 11.5 Å². The maximum Gasteiger partial charge on any atom is 0.255 e. The fourth-order valence-corrected chi connectivity index (χ4v) is 4.16. The van der Waals surface area contributed by atoms with Gasteiger partial charge in [0.25, 0.3) is 11.8 Å². The number of anilines is 2. The lowest BCUT2D eigenvalue weighted by Crippen LogP contribution is -2.42. The van der Waals surface area contributed by atoms with Gasteiger partial charge in [-0.15, -0.1) is 0 Å². The topological polar surface area (TPSA) is 122 Å². The maximum atomic E-state index is 13.1. The van der Waals surface area contributed by atoms with E-state index in [1.165, 1.54) is 0 Å². The minimum absolute atomic E-state index is 0.339. The molecule has 2 aromatic heterocycles. The summed E-state index contributed by atoms with van der Waals surface area (Å²) < 4.78 is 1.93. The number of benzene rings is 3. The average molecular weight is 492 g/mol. The fourth-order valence-electron chi connectivity index (χ4n) is 4.16. The van der Waals surface area contributed by atoms with Crippen LogP contribution in [0.15, 0.2) is 110 Å². The summed E-state index contributed by atoms with van der Waals surface area (Å²) in [5, 5.41) is 18.2. The number of amides is 2. The van der Waals surface area contributed by atoms with Gasteiger partial charge in [-0.1, -0.05) is 36.4 Å². The standard InChI is InChI=1S/C29H25N5O3/c30-27-24-18-22(11-8-19(24)14-15-31-27)32-29(37)26(35)25(20-6-2-1-3-7-20)33-28(36)21-9-12-23(13-10-21)34-16-4-5-17-34/h1-18,25-26,35H,(H2,30,31)(H,32,37)(H,33,36). The number of pyridine rings is 1. The molecule has 8 heteroatoms. The Labute approximate surface area is 213 Å². The third kappa shape index (κ3) is 5.19. The normalized spacial score (nSPS) is 12.6. The number of nitrogen functional groups attached to an aromatic ring is 1. The van der Waals surface area contributed by atoms with Crippen LogP contribution in [0.3, 0.4) is 0 Å². The predicted molar refractivity (Wildman–Crippen MR) is 143 cm³/mol. The van der Waals surface area contributed by atoms with Crippen LogP contribution >= 0.6 is 0 Å². The van der Waals surface area contributed by atoms with Gasteiger partial charge in [0.2, 0.25) is 0 Å². The molecule has 0 bridgehead atoms. The molecule has 0 saturated carbocycles. The number of nitrogens with two attached hydrogens (primary N) is 1. The van der Waals surface area contributed by atoms with E-state index in [2.05, 4.69) is 15.6 Å². The third-order valence-electron chi connectivity index (χ3n) is 6.13. The van der Waals surface area contributed by atoms with E-state index in [1.54, 1.807) is 54.7 Å². The number of carbonyl (C=O) groups is 2. The molecule has 0 aliphatic rings. The molecule has 5 aromatic rings. The van der Waals surface area contributed by atoms with Gasteiger partial charge in [-0.05, 0) is 65.5 Å². The number of hydrogen-bond acceptors (Lipinski definition) is 5. The summed E-state index contributed by atoms with van der Waals surface area (Å²) in [4.78, 5) is 30.3. The van der Waals surface area contributed by atoms with Gasteiger partial charge >= 0.3 is 0 Å². The lowest BCUT2D eigenvalue weighted by Gasteiger charge is -2.24. The highest BCUT2D eigenvalue weighted by Crippen LogP contribution is 2.24. The maximum absolute atomic E-state index is 13.1. The number of aliphatic hydroxyl groups is 1. The molecule has 37 heavy (non-hydrogen) atoms. The summed E-state index contributed by atoms with van der Waals surface area (Å²) in [6, 6.07) is 25.8. The van der Waals surface area contributed by atoms with Gasteiger partial charge in [-0.25, -0.2) is 4.98 Å². The smallest absolute Gasteiger partial charge is 0.255 e. The van der Waals surface area contributed by atoms with Crippen molar-refractivity contribution in [2.75, 3.05) is 11.1 Å². The summed E-state index contributed by atoms with van der Waals surface area (Å²) in [6.45, 7) is 0. The lowest BCUT2D eigenvalue weighted by atomic mass is 9.99. The third-order valence-corrected chi connectivity index (χ3v) is 6.13. The Kier molecular flexibility index (Phi) is 6.65. The molecule has 0 spiro atoms. The molecule has 0 radical (unpaired) electrons. The molecule has 0 fully saturated rings. The van der Waals surface area contributed by atoms with Crippen molar-refractivity contribution in [3.05, 3.63) is 121 Å². The van der Waals surface area contributed by atoms with Gasteiger partial charge in [0, 0.05) is 40.9 Å². The van der Waals surface area contributed by atoms with Gasteiger partial charge in [-0.3, -0.25) is 9.59 Å². The number of hydrogen-bond donors (Lipinski definition) is 4. The molecule has 5 rings (SSSR count). The van der Waals surface area contributed by atoms with Crippen molar-refractivity contribution in [3.8, 4) is 5.69 Å². The predicted octanol–water partition coefficient (Wildman–Crippen LogP) is 4.08. The van der Waals surface area contributed by atoms with Gasteiger partial charge in [0.05, 0.1) is 6.04 Å². The van der Waals surface area contributed by atoms with Gasteiger partial charge in [0.1, 0.15) is 5.82 Å². The van der Waals surface area contributed by atoms with Crippen molar-refractivity contribution in [2.24, 2.45) is 0 Å². The number of nitrogens with one attached hydrogen (secondary N) is 2. The SMILES string of the molecule is Nc1nccc2ccc(NC(=O)C(O)C(NC(=O)c3ccc(-n4cccc4)cc3)c3ccccc3)cc12. The van der Waals surface area contributed by atoms with Gasteiger partial charge in [0.15, 0.2) is 6.10 Å². The van der Waals surface area contributed by atoms with E-state index in [0.717, 1.165) is 11.1 Å². The summed E-state index contributed by atoms with van der Waals surface area (Å²) in [6.07, 6.45) is 3.87. The van der Waals surface area contributed by atoms with Crippen molar-refractivity contribution in [1.82, 2.24) is 14.9 Å². The van der Waals surface area contributed by atoms with Crippen LogP contribution in [0, 0.1) is 0 Å². The van der Waals surface area contributed by atoms with Crippen molar-refractivity contribution in [2.45, 2.75) is 12.1 Å². The summed E-state index contributed by atoms with van der Waals surface area (Å²) in [5.74, 6) is -0.741. The number of rotatable bonds is 7. The zero-order chi connectivity index (χ0) is 25.8. The van der Waals surface area contributed by atoms with Crippen molar-refractivity contribution in [3.63, 3.8) is 0 Å². The average Bonchev–Trinajstić information content (AvgIpc) is 3.47. The fraction of sp³-hybridized carbons (Fsp3) is 0.0690. The Morgan fingerprint density at radius 2 is 1.62 bits per heavy atom. The highest BCUT2D eigenvalue weighted by Gasteiger charge is 2.29. The van der Waals surface area contributed by atoms with E-state index in [-0.39, 0.29) is 0 Å². The van der Waals surface area contributed by atoms with E-state index in [0.29, 0.717) is 28.0 Å². The first-order chi connectivity index (χ1) is 18.0. The second-order valence-corrected chi connectivity index (χ2v) is 8.57. The van der Waals surface area contributed by atoms with Crippen molar-refractivity contribution >= 4 is 34.1 Å². The van der Waals surface area contributed by atoms with Crippen LogP contribution < -0.4 is 16.4 Å². The second-order valence-electron chi connectivity index (χ2n) is 8.57. The first-order valence-electron chi connectivity index (χ1n) is 11.7. The Hall–Kier alpha value is -4.95. The Morgan fingerprint density at radius 3 is 2.35 bits per heavy atom. The lowest BCUT2D eigenvalue weighted by molar-refractivity contribution is -0.125. The molecule has 2 heterocycles. The van der Waals surface area contributed by atoms with Gasteiger partial charge in [-0.2, -0.15) is 0 Å². The van der Waals surface area contributed by atoms with E-state index in [4.69, 9.17) is 5.73 Å². The molecule has 184 valence electrons. The largest absolute Gasteiger partial charge is 0.383 e. The number of carbonyl (C=O) groups excluding carboxylic acids is 2. The molecule has 2 unspecified atom stereocenters. The quantitative estimate of drug-likeness (QED) is 0.273. The number of fused-ring (bicyclic) bond motifs is 1. The van der Waals surface area contributed by atoms with Crippen LogP contribution in [0.5, 0.6) is 0 Å². The summed E-state index contributed by atoms with van der Waals surface area (Å²) in [5.41, 5.74) is 8.32. The van der Waals surface area contributed by atoms with Crippen LogP contribution in [0.2, 0.25) is 0 Å². The van der Waals surface area contributed by atoms with Crippen molar-refractivity contribution < 1.29 is 14.7 Å². The molecular formula is C29H25N5O3. The van der Waals surface area contributed by atoms with E-state index < -0.39 is 24.0 Å². The minimum Gasteiger partial charge on any atom is -0.383 e. The number of aromatic nitrogens is 2. The minimum atomic E-state index is -1.56. The highest BCUT2D eigenvalue weighted by atomic mass is 16.3. The first kappa shape index (κ1) is 23.8. The molecule has 0 aliphatic carbocycles. The molecule has 2 atom stereocenters. The first-order valence-corrected chi connectivity index (χ1v) is 11.7. The Balaban J connectivity index is 1.36. The van der Waals surface area contributed by atoms with Crippen LogP contribution in [-0.2, 0) is 4.79 Å². The molecule has 3 aromatic carbocycles. The molecule has 8 nitrogen and oxygen atoms in total. The van der Waals surface area contributed by atoms with E-state index in [1.807, 2.05) is 59.4 Å². The highest BCUT2D eigenvalue weighted by molar-refractivity contribution is 6.00. The zero-order valence-corrected chi connectivity index (χ0v) is 19.8. The van der Waals surface area contributed by atoms with Crippen LogP contribution in [0.1, 0.15) is 22.0 Å². The van der Waals surface area contributed by atoms with E-state index >= 15 is 0 Å². The molecule has 0 aliphatic heterocycles. The molecule has 0 saturated heterocycles. The molecular weight excluding hydrogens is 466 g/mol. The summed E-state index contributed by atoms with van der Waals surface area (Å²) in [7, 11) is 0. The van der Waals surface area contributed by atoms with E-state index in [9.17, 15) is 14.7 Å². The monoisotopic (exact) mass is 491 g/mol. The van der Waals surface area contributed by atoms with Crippen LogP contribution in [0.25, 0.3) is 16.5 Å². The second kappa shape index (κ2) is 10.3. The molecule has 2 amide bonds. The van der Waals surface area contributed by atoms with Crippen LogP contribution in [-0.4, -0.2) is 32.6 Å². The Morgan fingerprint density at radius 1 is 0.892 bits per heavy atom. The zero-order valence-electron chi connectivity index (χ0n) is 19.8. The van der Waals surface area contributed by atoms with Gasteiger partial charge < -0.3 is 26.0 Å². The number of aliphatic hydroxyl groups excluding tert-OH is 1. The molecule has 5 N–H and O–H groups in total. The van der Waals surface area contributed by atoms with Crippen molar-refractivity contribution in [1.29, 1.82) is 0 Å². The summed E-state index contributed by atoms with van der Waals surface area (Å²) >= 11 is 0. The Bertz CT molecular complexity index is 1530.